The Kier molecular flexibility index (Phi) is 9.76. The third-order valence-electron chi connectivity index (χ3n) is 7.20. The number of non-ortho nitro benzene ring substituents is 2. The third kappa shape index (κ3) is 7.36. The monoisotopic (exact) mass is 593 g/mol. The van der Waals surface area contributed by atoms with Crippen molar-refractivity contribution in [1.82, 2.24) is 5.32 Å². The lowest BCUT2D eigenvalue weighted by Crippen LogP contribution is -2.58. The van der Waals surface area contributed by atoms with Gasteiger partial charge in [0.05, 0.1) is 21.5 Å². The van der Waals surface area contributed by atoms with Crippen molar-refractivity contribution in [3.05, 3.63) is 116 Å². The number of carbonyl (C=O) groups is 3. The molecule has 0 aromatic heterocycles. The minimum atomic E-state index is -3.32. The second-order valence-corrected chi connectivity index (χ2v) is 10.1. The minimum Gasteiger partial charge on any atom is -0.458 e. The van der Waals surface area contributed by atoms with Crippen LogP contribution < -0.4 is 5.32 Å². The SMILES string of the molecule is O=C(N[C@@H]1CCCC[C@H]1C(F)(C(=O)OCc1ccccc1)C(=O)OCc1ccccc1)c1cc([N+](=O)[O-])cc([N+](=O)[O-])c1. The predicted octanol–water partition coefficient (Wildman–Crippen LogP) is 4.99. The molecule has 4 rings (SSSR count). The van der Waals surface area contributed by atoms with Crippen molar-refractivity contribution >= 4 is 29.2 Å². The van der Waals surface area contributed by atoms with Gasteiger partial charge in [-0.15, -0.1) is 0 Å². The van der Waals surface area contributed by atoms with Crippen LogP contribution in [0.2, 0.25) is 0 Å². The van der Waals surface area contributed by atoms with Crippen molar-refractivity contribution in [3.8, 4) is 0 Å². The Labute approximate surface area is 245 Å². The molecule has 2 atom stereocenters. The van der Waals surface area contributed by atoms with E-state index in [1.807, 2.05) is 0 Å². The quantitative estimate of drug-likeness (QED) is 0.139. The Hall–Kier alpha value is -5.20. The molecule has 3 aromatic rings. The van der Waals surface area contributed by atoms with Crippen LogP contribution in [0.4, 0.5) is 15.8 Å². The number of esters is 2. The maximum Gasteiger partial charge on any atom is 0.356 e. The molecule has 13 heteroatoms. The van der Waals surface area contributed by atoms with Crippen LogP contribution in [0.5, 0.6) is 0 Å². The van der Waals surface area contributed by atoms with E-state index in [9.17, 15) is 34.6 Å². The summed E-state index contributed by atoms with van der Waals surface area (Å²) in [4.78, 5) is 60.8. The fraction of sp³-hybridized carbons (Fsp3) is 0.300. The van der Waals surface area contributed by atoms with Gasteiger partial charge < -0.3 is 14.8 Å². The molecule has 0 saturated heterocycles. The van der Waals surface area contributed by atoms with Crippen molar-refractivity contribution < 1.29 is 38.1 Å². The number of benzene rings is 3. The number of nitro groups is 2. The number of hydrogen-bond donors (Lipinski definition) is 1. The zero-order valence-corrected chi connectivity index (χ0v) is 22.8. The molecule has 1 aliphatic carbocycles. The normalized spacial score (nSPS) is 16.5. The van der Waals surface area contributed by atoms with E-state index >= 15 is 4.39 Å². The molecule has 1 aliphatic rings. The molecule has 1 saturated carbocycles. The van der Waals surface area contributed by atoms with Crippen LogP contribution in [-0.2, 0) is 32.3 Å². The number of hydrogen-bond acceptors (Lipinski definition) is 9. The van der Waals surface area contributed by atoms with Gasteiger partial charge in [0.15, 0.2) is 0 Å². The molecule has 3 aromatic carbocycles. The lowest BCUT2D eigenvalue weighted by atomic mass is 9.74. The van der Waals surface area contributed by atoms with Crippen molar-refractivity contribution in [2.24, 2.45) is 5.92 Å². The number of rotatable bonds is 11. The molecular formula is C30H28FN3O9. The van der Waals surface area contributed by atoms with Gasteiger partial charge >= 0.3 is 17.6 Å². The molecular weight excluding hydrogens is 565 g/mol. The van der Waals surface area contributed by atoms with Crippen LogP contribution in [-0.4, -0.2) is 39.4 Å². The van der Waals surface area contributed by atoms with E-state index in [0.717, 1.165) is 12.1 Å². The summed E-state index contributed by atoms with van der Waals surface area (Å²) in [6, 6.07) is 18.2. The molecule has 224 valence electrons. The second-order valence-electron chi connectivity index (χ2n) is 10.1. The molecule has 0 bridgehead atoms. The summed E-state index contributed by atoms with van der Waals surface area (Å²) in [5.41, 5.74) is -4.00. The summed E-state index contributed by atoms with van der Waals surface area (Å²) in [6.07, 6.45) is 1.07. The summed E-state index contributed by atoms with van der Waals surface area (Å²) in [6.45, 7) is -0.642. The minimum absolute atomic E-state index is 0.00257. The highest BCUT2D eigenvalue weighted by molar-refractivity contribution is 6.04. The van der Waals surface area contributed by atoms with Gasteiger partial charge in [0.2, 0.25) is 0 Å². The Morgan fingerprint density at radius 3 is 1.72 bits per heavy atom. The fourth-order valence-electron chi connectivity index (χ4n) is 5.01. The smallest absolute Gasteiger partial charge is 0.356 e. The number of ether oxygens (including phenoxy) is 2. The molecule has 0 heterocycles. The van der Waals surface area contributed by atoms with Crippen molar-refractivity contribution in [2.75, 3.05) is 0 Å². The summed E-state index contributed by atoms with van der Waals surface area (Å²) in [5, 5.41) is 25.1. The van der Waals surface area contributed by atoms with Gasteiger partial charge in [-0.2, -0.15) is 0 Å². The van der Waals surface area contributed by atoms with E-state index in [1.165, 1.54) is 0 Å². The van der Waals surface area contributed by atoms with Gasteiger partial charge in [-0.25, -0.2) is 14.0 Å². The van der Waals surface area contributed by atoms with Gasteiger partial charge in [-0.1, -0.05) is 73.5 Å². The maximum atomic E-state index is 17.0. The number of nitrogens with zero attached hydrogens (tertiary/aromatic N) is 2. The molecule has 0 spiro atoms. The maximum absolute atomic E-state index is 17.0. The van der Waals surface area contributed by atoms with Crippen LogP contribution in [0.3, 0.4) is 0 Å². The van der Waals surface area contributed by atoms with Crippen molar-refractivity contribution in [2.45, 2.75) is 50.6 Å². The Morgan fingerprint density at radius 2 is 1.26 bits per heavy atom. The number of nitro benzene ring substituents is 2. The first-order chi connectivity index (χ1) is 20.6. The van der Waals surface area contributed by atoms with E-state index < -0.39 is 62.3 Å². The molecule has 0 aliphatic heterocycles. The average molecular weight is 594 g/mol. The van der Waals surface area contributed by atoms with E-state index in [4.69, 9.17) is 9.47 Å². The Bertz CT molecular complexity index is 1410. The molecule has 12 nitrogen and oxygen atoms in total. The summed E-state index contributed by atoms with van der Waals surface area (Å²) in [7, 11) is 0. The average Bonchev–Trinajstić information content (AvgIpc) is 3.03. The molecule has 0 unspecified atom stereocenters. The van der Waals surface area contributed by atoms with Gasteiger partial charge in [0.1, 0.15) is 13.2 Å². The Morgan fingerprint density at radius 1 is 0.791 bits per heavy atom. The Balaban J connectivity index is 1.62. The molecule has 1 amide bonds. The number of nitrogens with one attached hydrogen (secondary N) is 1. The van der Waals surface area contributed by atoms with E-state index in [0.29, 0.717) is 30.0 Å². The van der Waals surface area contributed by atoms with Crippen molar-refractivity contribution in [1.29, 1.82) is 0 Å². The number of halogens is 1. The van der Waals surface area contributed by atoms with Crippen LogP contribution in [0.1, 0.15) is 47.2 Å². The van der Waals surface area contributed by atoms with Crippen LogP contribution in [0, 0.1) is 26.1 Å². The van der Waals surface area contributed by atoms with Gasteiger partial charge in [0, 0.05) is 24.1 Å². The largest absolute Gasteiger partial charge is 0.458 e. The van der Waals surface area contributed by atoms with E-state index in [1.54, 1.807) is 60.7 Å². The highest BCUT2D eigenvalue weighted by atomic mass is 19.1. The lowest BCUT2D eigenvalue weighted by Gasteiger charge is -2.38. The second kappa shape index (κ2) is 13.6. The van der Waals surface area contributed by atoms with Gasteiger partial charge in [-0.3, -0.25) is 25.0 Å². The van der Waals surface area contributed by atoms with Crippen LogP contribution >= 0.6 is 0 Å². The van der Waals surface area contributed by atoms with Crippen LogP contribution in [0.15, 0.2) is 78.9 Å². The summed E-state index contributed by atoms with van der Waals surface area (Å²) in [5.74, 6) is -5.36. The molecule has 1 N–H and O–H groups in total. The predicted molar refractivity (Wildman–Crippen MR) is 149 cm³/mol. The summed E-state index contributed by atoms with van der Waals surface area (Å²) >= 11 is 0. The topological polar surface area (TPSA) is 168 Å². The molecule has 43 heavy (non-hydrogen) atoms. The van der Waals surface area contributed by atoms with E-state index in [2.05, 4.69) is 5.32 Å². The summed E-state index contributed by atoms with van der Waals surface area (Å²) < 4.78 is 27.6. The number of amides is 1. The van der Waals surface area contributed by atoms with Gasteiger partial charge in [0.25, 0.3) is 17.3 Å². The lowest BCUT2D eigenvalue weighted by molar-refractivity contribution is -0.394. The molecule has 1 fully saturated rings. The van der Waals surface area contributed by atoms with Crippen LogP contribution in [0.25, 0.3) is 0 Å². The van der Waals surface area contributed by atoms with E-state index in [-0.39, 0.29) is 26.1 Å². The first kappa shape index (κ1) is 30.8. The standard InChI is InChI=1S/C30H28FN3O9/c31-30(28(36)42-18-20-9-3-1-4-10-20,29(37)43-19-21-11-5-2-6-12-21)25-13-7-8-14-26(25)32-27(35)22-15-23(33(38)39)17-24(16-22)34(40)41/h1-6,9-12,15-17,25-26H,7-8,13-14,18-19H2,(H,32,35)/t25-,26-/m1/s1. The highest BCUT2D eigenvalue weighted by Gasteiger charge is 2.59. The zero-order chi connectivity index (χ0) is 31.0. The highest BCUT2D eigenvalue weighted by Crippen LogP contribution is 2.38. The fourth-order valence-corrected chi connectivity index (χ4v) is 5.01. The van der Waals surface area contributed by atoms with Crippen molar-refractivity contribution in [3.63, 3.8) is 0 Å². The first-order valence-electron chi connectivity index (χ1n) is 13.5. The third-order valence-corrected chi connectivity index (χ3v) is 7.20. The van der Waals surface area contributed by atoms with Gasteiger partial charge in [-0.05, 0) is 24.0 Å². The number of alkyl halides is 1. The number of carbonyl (C=O) groups excluding carboxylic acids is 3. The zero-order valence-electron chi connectivity index (χ0n) is 22.8. The molecule has 0 radical (unpaired) electrons. The first-order valence-corrected chi connectivity index (χ1v) is 13.5.